The van der Waals surface area contributed by atoms with E-state index >= 15 is 0 Å². The third-order valence-corrected chi connectivity index (χ3v) is 3.22. The molecule has 0 aliphatic rings. The Balaban J connectivity index is 1.95. The van der Waals surface area contributed by atoms with Gasteiger partial charge in [0.25, 0.3) is 0 Å². The van der Waals surface area contributed by atoms with Crippen LogP contribution in [0.15, 0.2) is 34.8 Å². The average molecular weight is 335 g/mol. The highest BCUT2D eigenvalue weighted by Crippen LogP contribution is 2.11. The lowest BCUT2D eigenvalue weighted by molar-refractivity contribution is -0.125. The van der Waals surface area contributed by atoms with Gasteiger partial charge in [-0.3, -0.25) is 9.89 Å². The van der Waals surface area contributed by atoms with Gasteiger partial charge in [-0.2, -0.15) is 5.10 Å². The fraction of sp³-hybridized carbons (Fsp3) is 0.214. The maximum Gasteiger partial charge on any atom is 0.246 e. The molecule has 1 aromatic carbocycles. The highest BCUT2D eigenvalue weighted by atomic mass is 79.9. The van der Waals surface area contributed by atoms with Gasteiger partial charge in [-0.25, -0.2) is 4.98 Å². The molecule has 0 fully saturated rings. The molecule has 20 heavy (non-hydrogen) atoms. The molecule has 1 N–H and O–H groups in total. The molecule has 0 bridgehead atoms. The van der Waals surface area contributed by atoms with Crippen molar-refractivity contribution in [2.45, 2.75) is 13.5 Å². The third kappa shape index (κ3) is 4.03. The zero-order valence-corrected chi connectivity index (χ0v) is 12.9. The van der Waals surface area contributed by atoms with Crippen LogP contribution in [0.1, 0.15) is 17.2 Å². The Morgan fingerprint density at radius 3 is 2.70 bits per heavy atom. The second kappa shape index (κ2) is 6.47. The van der Waals surface area contributed by atoms with Crippen molar-refractivity contribution in [2.75, 3.05) is 7.05 Å². The molecule has 1 heterocycles. The zero-order chi connectivity index (χ0) is 14.5. The lowest BCUT2D eigenvalue weighted by Crippen LogP contribution is -2.24. The summed E-state index contributed by atoms with van der Waals surface area (Å²) < 4.78 is 1.01. The van der Waals surface area contributed by atoms with Crippen molar-refractivity contribution >= 4 is 27.9 Å². The fourth-order valence-electron chi connectivity index (χ4n) is 1.62. The molecule has 0 saturated carbocycles. The van der Waals surface area contributed by atoms with Crippen molar-refractivity contribution in [2.24, 2.45) is 0 Å². The van der Waals surface area contributed by atoms with Crippen molar-refractivity contribution in [3.05, 3.63) is 52.0 Å². The molecule has 2 aromatic rings. The lowest BCUT2D eigenvalue weighted by atomic mass is 10.2. The van der Waals surface area contributed by atoms with E-state index in [-0.39, 0.29) is 5.91 Å². The first-order valence-electron chi connectivity index (χ1n) is 6.11. The van der Waals surface area contributed by atoms with Crippen LogP contribution in [0.25, 0.3) is 6.08 Å². The minimum atomic E-state index is -0.0876. The minimum Gasteiger partial charge on any atom is -0.335 e. The molecule has 0 spiro atoms. The predicted octanol–water partition coefficient (Wildman–Crippen LogP) is 2.55. The van der Waals surface area contributed by atoms with Gasteiger partial charge in [0.1, 0.15) is 5.82 Å². The molecule has 6 heteroatoms. The van der Waals surface area contributed by atoms with Crippen LogP contribution < -0.4 is 0 Å². The van der Waals surface area contributed by atoms with Crippen molar-refractivity contribution in [1.29, 1.82) is 0 Å². The summed E-state index contributed by atoms with van der Waals surface area (Å²) in [6.45, 7) is 2.21. The van der Waals surface area contributed by atoms with E-state index in [9.17, 15) is 4.79 Å². The van der Waals surface area contributed by atoms with Gasteiger partial charge in [0.15, 0.2) is 5.82 Å². The number of benzene rings is 1. The Hall–Kier alpha value is -1.95. The van der Waals surface area contributed by atoms with Crippen molar-refractivity contribution in [1.82, 2.24) is 20.1 Å². The Bertz CT molecular complexity index is 618. The van der Waals surface area contributed by atoms with Crippen molar-refractivity contribution in [3.63, 3.8) is 0 Å². The summed E-state index contributed by atoms with van der Waals surface area (Å²) in [6.07, 6.45) is 3.33. The standard InChI is InChI=1S/C14H15BrN4O/c1-10-16-13(18-17-10)9-19(2)14(20)8-5-11-3-6-12(15)7-4-11/h3-8H,9H2,1-2H3,(H,16,17,18). The molecule has 0 aliphatic heterocycles. The maximum absolute atomic E-state index is 12.0. The van der Waals surface area contributed by atoms with Gasteiger partial charge in [0.2, 0.25) is 5.91 Å². The number of rotatable bonds is 4. The average Bonchev–Trinajstić information content (AvgIpc) is 2.83. The highest BCUT2D eigenvalue weighted by molar-refractivity contribution is 9.10. The molecule has 0 aliphatic carbocycles. The topological polar surface area (TPSA) is 61.9 Å². The number of hydrogen-bond donors (Lipinski definition) is 1. The first-order valence-corrected chi connectivity index (χ1v) is 6.90. The van der Waals surface area contributed by atoms with Crippen molar-refractivity contribution < 1.29 is 4.79 Å². The number of likely N-dealkylation sites (N-methyl/N-ethyl adjacent to an activating group) is 1. The first-order chi connectivity index (χ1) is 9.54. The molecule has 2 rings (SSSR count). The van der Waals surface area contributed by atoms with Crippen LogP contribution in [0.4, 0.5) is 0 Å². The van der Waals surface area contributed by atoms with Gasteiger partial charge >= 0.3 is 0 Å². The van der Waals surface area contributed by atoms with Gasteiger partial charge in [0, 0.05) is 17.6 Å². The molecule has 5 nitrogen and oxygen atoms in total. The molecule has 0 saturated heterocycles. The molecular formula is C14H15BrN4O. The molecule has 1 aromatic heterocycles. The van der Waals surface area contributed by atoms with Crippen LogP contribution in [0.5, 0.6) is 0 Å². The molecule has 104 valence electrons. The highest BCUT2D eigenvalue weighted by Gasteiger charge is 2.08. The van der Waals surface area contributed by atoms with E-state index in [1.54, 1.807) is 24.1 Å². The monoisotopic (exact) mass is 334 g/mol. The number of aryl methyl sites for hydroxylation is 1. The van der Waals surface area contributed by atoms with E-state index < -0.39 is 0 Å². The predicted molar refractivity (Wildman–Crippen MR) is 80.8 cm³/mol. The number of carbonyl (C=O) groups is 1. The Labute approximate surface area is 125 Å². The second-order valence-electron chi connectivity index (χ2n) is 4.42. The number of aromatic nitrogens is 3. The Kier molecular flexibility index (Phi) is 4.68. The van der Waals surface area contributed by atoms with Crippen molar-refractivity contribution in [3.8, 4) is 0 Å². The molecule has 0 atom stereocenters. The van der Waals surface area contributed by atoms with Crippen LogP contribution in [0.3, 0.4) is 0 Å². The number of amides is 1. The van der Waals surface area contributed by atoms with Gasteiger partial charge < -0.3 is 4.90 Å². The number of halogens is 1. The summed E-state index contributed by atoms with van der Waals surface area (Å²) in [6, 6.07) is 7.74. The Morgan fingerprint density at radius 1 is 1.40 bits per heavy atom. The summed E-state index contributed by atoms with van der Waals surface area (Å²) in [5, 5.41) is 6.76. The summed E-state index contributed by atoms with van der Waals surface area (Å²) in [5.41, 5.74) is 0.976. The number of carbonyl (C=O) groups excluding carboxylic acids is 1. The number of nitrogens with one attached hydrogen (secondary N) is 1. The van der Waals surface area contributed by atoms with E-state index in [2.05, 4.69) is 31.1 Å². The van der Waals surface area contributed by atoms with Crippen LogP contribution in [-0.4, -0.2) is 33.0 Å². The largest absolute Gasteiger partial charge is 0.335 e. The number of nitrogens with zero attached hydrogens (tertiary/aromatic N) is 3. The van der Waals surface area contributed by atoms with Gasteiger partial charge in [0.05, 0.1) is 6.54 Å². The first kappa shape index (κ1) is 14.5. The van der Waals surface area contributed by atoms with E-state index in [4.69, 9.17) is 0 Å². The normalized spacial score (nSPS) is 10.9. The minimum absolute atomic E-state index is 0.0876. The third-order valence-electron chi connectivity index (χ3n) is 2.69. The number of aromatic amines is 1. The van der Waals surface area contributed by atoms with E-state index in [1.807, 2.05) is 31.2 Å². The smallest absolute Gasteiger partial charge is 0.246 e. The lowest BCUT2D eigenvalue weighted by Gasteiger charge is -2.12. The molecule has 1 amide bonds. The fourth-order valence-corrected chi connectivity index (χ4v) is 1.88. The van der Waals surface area contributed by atoms with Gasteiger partial charge in [-0.05, 0) is 30.7 Å². The molecular weight excluding hydrogens is 320 g/mol. The van der Waals surface area contributed by atoms with Crippen LogP contribution >= 0.6 is 15.9 Å². The summed E-state index contributed by atoms with van der Waals surface area (Å²) in [7, 11) is 1.72. The molecule has 0 radical (unpaired) electrons. The van der Waals surface area contributed by atoms with Crippen LogP contribution in [-0.2, 0) is 11.3 Å². The maximum atomic E-state index is 12.0. The SMILES string of the molecule is Cc1nc(CN(C)C(=O)C=Cc2ccc(Br)cc2)n[nH]1. The summed E-state index contributed by atoms with van der Waals surface area (Å²) in [5.74, 6) is 1.26. The Morgan fingerprint density at radius 2 is 2.10 bits per heavy atom. The van der Waals surface area contributed by atoms with Gasteiger partial charge in [-0.15, -0.1) is 0 Å². The van der Waals surface area contributed by atoms with Gasteiger partial charge in [-0.1, -0.05) is 28.1 Å². The zero-order valence-electron chi connectivity index (χ0n) is 11.3. The summed E-state index contributed by atoms with van der Waals surface area (Å²) >= 11 is 3.37. The van der Waals surface area contributed by atoms with Crippen LogP contribution in [0.2, 0.25) is 0 Å². The van der Waals surface area contributed by atoms with E-state index in [0.717, 1.165) is 15.9 Å². The number of H-pyrrole nitrogens is 1. The van der Waals surface area contributed by atoms with E-state index in [1.165, 1.54) is 0 Å². The van der Waals surface area contributed by atoms with E-state index in [0.29, 0.717) is 12.4 Å². The molecule has 0 unspecified atom stereocenters. The number of hydrogen-bond acceptors (Lipinski definition) is 3. The summed E-state index contributed by atoms with van der Waals surface area (Å²) in [4.78, 5) is 17.7. The van der Waals surface area contributed by atoms with Crippen LogP contribution in [0, 0.1) is 6.92 Å². The second-order valence-corrected chi connectivity index (χ2v) is 5.33. The quantitative estimate of drug-likeness (QED) is 0.874.